The van der Waals surface area contributed by atoms with E-state index in [1.807, 2.05) is 0 Å². The molecule has 0 unspecified atom stereocenters. The van der Waals surface area contributed by atoms with Crippen molar-refractivity contribution in [3.8, 4) is 0 Å². The van der Waals surface area contributed by atoms with E-state index in [0.29, 0.717) is 16.7 Å². The van der Waals surface area contributed by atoms with Crippen LogP contribution in [-0.2, 0) is 11.3 Å². The smallest absolute Gasteiger partial charge is 0.335 e. The highest BCUT2D eigenvalue weighted by Gasteiger charge is 2.08. The number of halogens is 1. The number of benzene rings is 1. The summed E-state index contributed by atoms with van der Waals surface area (Å²) in [6.45, 7) is 0.471. The van der Waals surface area contributed by atoms with Crippen LogP contribution in [0.25, 0.3) is 0 Å². The summed E-state index contributed by atoms with van der Waals surface area (Å²) < 4.78 is 2.25. The number of carboxylic acid groups (broad SMARTS) is 1. The van der Waals surface area contributed by atoms with Crippen LogP contribution >= 0.6 is 15.9 Å². The van der Waals surface area contributed by atoms with E-state index in [2.05, 4.69) is 26.3 Å². The topological polar surface area (TPSA) is 84.2 Å². The summed E-state index contributed by atoms with van der Waals surface area (Å²) in [6, 6.07) is 6.32. The Morgan fingerprint density at radius 3 is 2.80 bits per heavy atom. The number of aromatic carboxylic acids is 1. The third kappa shape index (κ3) is 3.92. The molecule has 0 saturated heterocycles. The molecule has 1 amide bonds. The summed E-state index contributed by atoms with van der Waals surface area (Å²) in [5, 5.41) is 15.6. The first-order chi connectivity index (χ1) is 9.54. The lowest BCUT2D eigenvalue weighted by Crippen LogP contribution is -2.15. The van der Waals surface area contributed by atoms with Crippen LogP contribution in [0, 0.1) is 0 Å². The zero-order chi connectivity index (χ0) is 14.5. The quantitative estimate of drug-likeness (QED) is 0.877. The first kappa shape index (κ1) is 14.3. The van der Waals surface area contributed by atoms with Crippen LogP contribution in [0.3, 0.4) is 0 Å². The largest absolute Gasteiger partial charge is 0.478 e. The maximum absolute atomic E-state index is 11.8. The first-order valence-corrected chi connectivity index (χ1v) is 6.65. The average Bonchev–Trinajstić information content (AvgIpc) is 2.88. The zero-order valence-corrected chi connectivity index (χ0v) is 12.0. The molecule has 1 heterocycles. The molecule has 0 aliphatic heterocycles. The van der Waals surface area contributed by atoms with Gasteiger partial charge in [0.15, 0.2) is 0 Å². The summed E-state index contributed by atoms with van der Waals surface area (Å²) in [7, 11) is 0. The molecular weight excluding hydrogens is 326 g/mol. The van der Waals surface area contributed by atoms with Crippen molar-refractivity contribution in [3.05, 3.63) is 46.7 Å². The van der Waals surface area contributed by atoms with Gasteiger partial charge < -0.3 is 10.4 Å². The van der Waals surface area contributed by atoms with Gasteiger partial charge in [-0.1, -0.05) is 15.9 Å². The van der Waals surface area contributed by atoms with Crippen molar-refractivity contribution in [1.29, 1.82) is 0 Å². The molecule has 7 heteroatoms. The van der Waals surface area contributed by atoms with Gasteiger partial charge in [0.2, 0.25) is 5.91 Å². The molecular formula is C13H12BrN3O3. The number of hydrogen-bond donors (Lipinski definition) is 2. The molecule has 2 rings (SSSR count). The standard InChI is InChI=1S/C13H12BrN3O3/c14-10-6-9(13(19)20)7-11(8-10)16-12(18)2-5-17-4-1-3-15-17/h1,3-4,6-8H,2,5H2,(H,16,18)(H,19,20). The van der Waals surface area contributed by atoms with Crippen molar-refractivity contribution < 1.29 is 14.7 Å². The van der Waals surface area contributed by atoms with Gasteiger partial charge in [-0.2, -0.15) is 5.10 Å². The van der Waals surface area contributed by atoms with Crippen LogP contribution in [0.15, 0.2) is 41.1 Å². The Morgan fingerprint density at radius 1 is 1.35 bits per heavy atom. The van der Waals surface area contributed by atoms with E-state index in [1.165, 1.54) is 12.1 Å². The highest BCUT2D eigenvalue weighted by Crippen LogP contribution is 2.20. The summed E-state index contributed by atoms with van der Waals surface area (Å²) in [6.07, 6.45) is 3.68. The fourth-order valence-electron chi connectivity index (χ4n) is 1.66. The highest BCUT2D eigenvalue weighted by molar-refractivity contribution is 9.10. The molecule has 20 heavy (non-hydrogen) atoms. The molecule has 104 valence electrons. The van der Waals surface area contributed by atoms with Crippen LogP contribution < -0.4 is 5.32 Å². The van der Waals surface area contributed by atoms with E-state index in [4.69, 9.17) is 5.11 Å². The lowest BCUT2D eigenvalue weighted by atomic mass is 10.2. The predicted molar refractivity (Wildman–Crippen MR) is 76.6 cm³/mol. The summed E-state index contributed by atoms with van der Waals surface area (Å²) in [4.78, 5) is 22.7. The summed E-state index contributed by atoms with van der Waals surface area (Å²) in [5.41, 5.74) is 0.559. The summed E-state index contributed by atoms with van der Waals surface area (Å²) in [5.74, 6) is -1.24. The number of hydrogen-bond acceptors (Lipinski definition) is 3. The lowest BCUT2D eigenvalue weighted by molar-refractivity contribution is -0.116. The number of aromatic nitrogens is 2. The fourth-order valence-corrected chi connectivity index (χ4v) is 2.15. The Kier molecular flexibility index (Phi) is 4.52. The third-order valence-corrected chi connectivity index (χ3v) is 3.01. The van der Waals surface area contributed by atoms with E-state index >= 15 is 0 Å². The van der Waals surface area contributed by atoms with Gasteiger partial charge in [0.1, 0.15) is 0 Å². The minimum absolute atomic E-state index is 0.113. The van der Waals surface area contributed by atoms with E-state index in [1.54, 1.807) is 29.2 Å². The number of anilines is 1. The molecule has 0 atom stereocenters. The van der Waals surface area contributed by atoms with Gasteiger partial charge in [-0.25, -0.2) is 4.79 Å². The molecule has 0 saturated carbocycles. The van der Waals surface area contributed by atoms with Crippen LogP contribution in [0.4, 0.5) is 5.69 Å². The van der Waals surface area contributed by atoms with Crippen molar-refractivity contribution in [2.24, 2.45) is 0 Å². The molecule has 6 nitrogen and oxygen atoms in total. The Hall–Kier alpha value is -2.15. The summed E-state index contributed by atoms with van der Waals surface area (Å²) >= 11 is 3.21. The maximum Gasteiger partial charge on any atom is 0.335 e. The van der Waals surface area contributed by atoms with Crippen LogP contribution in [0.1, 0.15) is 16.8 Å². The van der Waals surface area contributed by atoms with E-state index in [9.17, 15) is 9.59 Å². The second kappa shape index (κ2) is 6.33. The number of carboxylic acids is 1. The number of carbonyl (C=O) groups is 2. The van der Waals surface area contributed by atoms with Crippen molar-refractivity contribution in [2.45, 2.75) is 13.0 Å². The van der Waals surface area contributed by atoms with Crippen molar-refractivity contribution in [2.75, 3.05) is 5.32 Å². The number of carbonyl (C=O) groups excluding carboxylic acids is 1. The minimum Gasteiger partial charge on any atom is -0.478 e. The van der Waals surface area contributed by atoms with Gasteiger partial charge >= 0.3 is 5.97 Å². The van der Waals surface area contributed by atoms with Crippen LogP contribution in [0.5, 0.6) is 0 Å². The maximum atomic E-state index is 11.8. The molecule has 0 radical (unpaired) electrons. The van der Waals surface area contributed by atoms with Crippen LogP contribution in [-0.4, -0.2) is 26.8 Å². The molecule has 0 aliphatic rings. The van der Waals surface area contributed by atoms with Gasteiger partial charge in [0.05, 0.1) is 5.56 Å². The fraction of sp³-hybridized carbons (Fsp3) is 0.154. The number of rotatable bonds is 5. The number of nitrogens with zero attached hydrogens (tertiary/aromatic N) is 2. The van der Waals surface area contributed by atoms with Crippen molar-refractivity contribution >= 4 is 33.5 Å². The van der Waals surface area contributed by atoms with Gasteiger partial charge in [-0.3, -0.25) is 9.48 Å². The number of nitrogens with one attached hydrogen (secondary N) is 1. The molecule has 1 aromatic heterocycles. The second-order valence-electron chi connectivity index (χ2n) is 4.10. The molecule has 0 aliphatic carbocycles. The molecule has 2 N–H and O–H groups in total. The normalized spacial score (nSPS) is 10.2. The molecule has 0 bridgehead atoms. The van der Waals surface area contributed by atoms with Gasteiger partial charge in [-0.15, -0.1) is 0 Å². The Balaban J connectivity index is 1.98. The van der Waals surface area contributed by atoms with Gasteiger partial charge in [-0.05, 0) is 24.3 Å². The van der Waals surface area contributed by atoms with E-state index < -0.39 is 5.97 Å². The molecule has 1 aromatic carbocycles. The van der Waals surface area contributed by atoms with Gasteiger partial charge in [0.25, 0.3) is 0 Å². The zero-order valence-electron chi connectivity index (χ0n) is 10.4. The lowest BCUT2D eigenvalue weighted by Gasteiger charge is -2.07. The Labute approximate surface area is 123 Å². The monoisotopic (exact) mass is 337 g/mol. The molecule has 2 aromatic rings. The minimum atomic E-state index is -1.04. The average molecular weight is 338 g/mol. The number of amides is 1. The molecule has 0 spiro atoms. The van der Waals surface area contributed by atoms with Crippen molar-refractivity contribution in [1.82, 2.24) is 9.78 Å². The van der Waals surface area contributed by atoms with E-state index in [-0.39, 0.29) is 17.9 Å². The molecule has 0 fully saturated rings. The number of aryl methyl sites for hydroxylation is 1. The highest BCUT2D eigenvalue weighted by atomic mass is 79.9. The first-order valence-electron chi connectivity index (χ1n) is 5.86. The van der Waals surface area contributed by atoms with Crippen LogP contribution in [0.2, 0.25) is 0 Å². The Morgan fingerprint density at radius 2 is 2.15 bits per heavy atom. The van der Waals surface area contributed by atoms with E-state index in [0.717, 1.165) is 0 Å². The van der Waals surface area contributed by atoms with Crippen molar-refractivity contribution in [3.63, 3.8) is 0 Å². The van der Waals surface area contributed by atoms with Gasteiger partial charge in [0, 0.05) is 35.5 Å². The predicted octanol–water partition coefficient (Wildman–Crippen LogP) is 2.37. The second-order valence-corrected chi connectivity index (χ2v) is 5.02. The SMILES string of the molecule is O=C(CCn1cccn1)Nc1cc(Br)cc(C(=O)O)c1. The third-order valence-electron chi connectivity index (χ3n) is 2.56. The Bertz CT molecular complexity index is 626.